The molecule has 3 nitrogen and oxygen atoms in total. The lowest BCUT2D eigenvalue weighted by molar-refractivity contribution is 0.406. The van der Waals surface area contributed by atoms with Gasteiger partial charge in [-0.05, 0) is 49.4 Å². The molecule has 0 radical (unpaired) electrons. The Hall–Kier alpha value is -1.06. The van der Waals surface area contributed by atoms with Crippen molar-refractivity contribution in [2.45, 2.75) is 52.6 Å². The average Bonchev–Trinajstić information content (AvgIpc) is 2.28. The smallest absolute Gasteiger partial charge is 0.122 e. The van der Waals surface area contributed by atoms with Gasteiger partial charge in [0.15, 0.2) is 0 Å². The van der Waals surface area contributed by atoms with E-state index in [4.69, 9.17) is 10.5 Å². The molecule has 0 aliphatic heterocycles. The van der Waals surface area contributed by atoms with Gasteiger partial charge in [0.1, 0.15) is 5.75 Å². The summed E-state index contributed by atoms with van der Waals surface area (Å²) >= 11 is 0. The summed E-state index contributed by atoms with van der Waals surface area (Å²) in [7, 11) is 1.73. The van der Waals surface area contributed by atoms with E-state index in [2.05, 4.69) is 38.2 Å². The highest BCUT2D eigenvalue weighted by Gasteiger charge is 2.13. The molecule has 0 amide bonds. The summed E-state index contributed by atoms with van der Waals surface area (Å²) in [6.45, 7) is 12.2. The molecular weight excluding hydrogens is 236 g/mol. The maximum absolute atomic E-state index is 5.98. The maximum Gasteiger partial charge on any atom is 0.122 e. The van der Waals surface area contributed by atoms with Gasteiger partial charge in [0.2, 0.25) is 0 Å². The van der Waals surface area contributed by atoms with Crippen molar-refractivity contribution in [2.75, 3.05) is 13.7 Å². The number of benzene rings is 1. The molecule has 1 aromatic carbocycles. The molecule has 0 aliphatic carbocycles. The molecular formula is C16H28N2O. The van der Waals surface area contributed by atoms with Crippen LogP contribution in [0.5, 0.6) is 5.75 Å². The molecule has 1 rings (SSSR count). The van der Waals surface area contributed by atoms with Crippen LogP contribution in [0.1, 0.15) is 50.3 Å². The summed E-state index contributed by atoms with van der Waals surface area (Å²) in [5.41, 5.74) is 9.63. The van der Waals surface area contributed by atoms with Crippen LogP contribution in [0.3, 0.4) is 0 Å². The molecule has 0 aromatic heterocycles. The summed E-state index contributed by atoms with van der Waals surface area (Å²) in [5, 5.41) is 3.42. The van der Waals surface area contributed by atoms with Crippen LogP contribution in [0.4, 0.5) is 0 Å². The van der Waals surface area contributed by atoms with Gasteiger partial charge in [-0.3, -0.25) is 0 Å². The second-order valence-electron chi connectivity index (χ2n) is 6.27. The minimum Gasteiger partial charge on any atom is -0.496 e. The third-order valence-electron chi connectivity index (χ3n) is 3.21. The second-order valence-corrected chi connectivity index (χ2v) is 6.27. The Morgan fingerprint density at radius 3 is 2.42 bits per heavy atom. The van der Waals surface area contributed by atoms with Crippen molar-refractivity contribution in [3.05, 3.63) is 28.8 Å². The number of methoxy groups -OCH3 is 1. The first-order valence-electron chi connectivity index (χ1n) is 6.91. The normalized spacial score (nSPS) is 12.0. The molecule has 3 N–H and O–H groups in total. The SMILES string of the molecule is COc1cc(C)c(CNCC(C)(C)N)cc1C(C)C. The monoisotopic (exact) mass is 264 g/mol. The quantitative estimate of drug-likeness (QED) is 0.830. The Kier molecular flexibility index (Phi) is 5.39. The van der Waals surface area contributed by atoms with E-state index in [-0.39, 0.29) is 5.54 Å². The van der Waals surface area contributed by atoms with Crippen LogP contribution in [0.2, 0.25) is 0 Å². The van der Waals surface area contributed by atoms with Gasteiger partial charge < -0.3 is 15.8 Å². The van der Waals surface area contributed by atoms with Crippen molar-refractivity contribution in [3.8, 4) is 5.75 Å². The van der Waals surface area contributed by atoms with Crippen molar-refractivity contribution in [1.29, 1.82) is 0 Å². The molecule has 19 heavy (non-hydrogen) atoms. The van der Waals surface area contributed by atoms with Crippen LogP contribution >= 0.6 is 0 Å². The highest BCUT2D eigenvalue weighted by Crippen LogP contribution is 2.29. The molecule has 108 valence electrons. The van der Waals surface area contributed by atoms with Crippen molar-refractivity contribution in [2.24, 2.45) is 5.73 Å². The lowest BCUT2D eigenvalue weighted by atomic mass is 9.96. The van der Waals surface area contributed by atoms with E-state index in [0.717, 1.165) is 18.8 Å². The van der Waals surface area contributed by atoms with Crippen LogP contribution in [-0.2, 0) is 6.54 Å². The number of ether oxygens (including phenoxy) is 1. The molecule has 0 heterocycles. The Bertz CT molecular complexity index is 419. The number of aryl methyl sites for hydroxylation is 1. The van der Waals surface area contributed by atoms with Crippen molar-refractivity contribution in [3.63, 3.8) is 0 Å². The lowest BCUT2D eigenvalue weighted by Crippen LogP contribution is -2.42. The summed E-state index contributed by atoms with van der Waals surface area (Å²) in [6.07, 6.45) is 0. The predicted octanol–water partition coefficient (Wildman–Crippen LogP) is 2.95. The standard InChI is InChI=1S/C16H28N2O/c1-11(2)14-8-13(9-18-10-16(4,5)17)12(3)7-15(14)19-6/h7-8,11,18H,9-10,17H2,1-6H3. The molecule has 0 spiro atoms. The van der Waals surface area contributed by atoms with Crippen molar-refractivity contribution >= 4 is 0 Å². The highest BCUT2D eigenvalue weighted by atomic mass is 16.5. The number of hydrogen-bond donors (Lipinski definition) is 2. The largest absolute Gasteiger partial charge is 0.496 e. The fourth-order valence-corrected chi connectivity index (χ4v) is 2.08. The summed E-state index contributed by atoms with van der Waals surface area (Å²) < 4.78 is 5.46. The van der Waals surface area contributed by atoms with Gasteiger partial charge in [-0.15, -0.1) is 0 Å². The molecule has 0 fully saturated rings. The number of nitrogens with two attached hydrogens (primary N) is 1. The molecule has 0 saturated heterocycles. The van der Waals surface area contributed by atoms with E-state index in [1.165, 1.54) is 16.7 Å². The summed E-state index contributed by atoms with van der Waals surface area (Å²) in [4.78, 5) is 0. The molecule has 0 unspecified atom stereocenters. The zero-order chi connectivity index (χ0) is 14.6. The van der Waals surface area contributed by atoms with E-state index in [1.54, 1.807) is 7.11 Å². The topological polar surface area (TPSA) is 47.3 Å². The molecule has 0 bridgehead atoms. The van der Waals surface area contributed by atoms with Gasteiger partial charge in [0.25, 0.3) is 0 Å². The van der Waals surface area contributed by atoms with Crippen molar-refractivity contribution in [1.82, 2.24) is 5.32 Å². The van der Waals surface area contributed by atoms with Crippen LogP contribution in [-0.4, -0.2) is 19.2 Å². The third-order valence-corrected chi connectivity index (χ3v) is 3.21. The minimum atomic E-state index is -0.179. The first kappa shape index (κ1) is 16.0. The van der Waals surface area contributed by atoms with E-state index in [0.29, 0.717) is 5.92 Å². The fraction of sp³-hybridized carbons (Fsp3) is 0.625. The highest BCUT2D eigenvalue weighted by molar-refractivity contribution is 5.43. The first-order valence-corrected chi connectivity index (χ1v) is 6.91. The second kappa shape index (κ2) is 6.40. The average molecular weight is 264 g/mol. The molecule has 0 aliphatic rings. The van der Waals surface area contributed by atoms with Gasteiger partial charge in [0, 0.05) is 18.6 Å². The van der Waals surface area contributed by atoms with Gasteiger partial charge in [-0.25, -0.2) is 0 Å². The van der Waals surface area contributed by atoms with Crippen LogP contribution in [0.25, 0.3) is 0 Å². The van der Waals surface area contributed by atoms with E-state index < -0.39 is 0 Å². The number of hydrogen-bond acceptors (Lipinski definition) is 3. The Balaban J connectivity index is 2.86. The third kappa shape index (κ3) is 4.84. The van der Waals surface area contributed by atoms with Gasteiger partial charge >= 0.3 is 0 Å². The zero-order valence-electron chi connectivity index (χ0n) is 13.1. The minimum absolute atomic E-state index is 0.179. The first-order chi connectivity index (χ1) is 8.74. The van der Waals surface area contributed by atoms with Crippen LogP contribution in [0, 0.1) is 6.92 Å². The van der Waals surface area contributed by atoms with Crippen molar-refractivity contribution < 1.29 is 4.74 Å². The van der Waals surface area contributed by atoms with Gasteiger partial charge in [0.05, 0.1) is 7.11 Å². The summed E-state index contributed by atoms with van der Waals surface area (Å²) in [6, 6.07) is 4.37. The molecule has 3 heteroatoms. The van der Waals surface area contributed by atoms with Crippen LogP contribution < -0.4 is 15.8 Å². The lowest BCUT2D eigenvalue weighted by Gasteiger charge is -2.20. The zero-order valence-corrected chi connectivity index (χ0v) is 13.1. The van der Waals surface area contributed by atoms with Crippen LogP contribution in [0.15, 0.2) is 12.1 Å². The Labute approximate surface area is 117 Å². The number of nitrogens with one attached hydrogen (secondary N) is 1. The molecule has 0 atom stereocenters. The Morgan fingerprint density at radius 1 is 1.32 bits per heavy atom. The van der Waals surface area contributed by atoms with Gasteiger partial charge in [-0.1, -0.05) is 19.9 Å². The predicted molar refractivity (Wildman–Crippen MR) is 81.8 cm³/mol. The van der Waals surface area contributed by atoms with E-state index >= 15 is 0 Å². The fourth-order valence-electron chi connectivity index (χ4n) is 2.08. The van der Waals surface area contributed by atoms with Gasteiger partial charge in [-0.2, -0.15) is 0 Å². The molecule has 0 saturated carbocycles. The van der Waals surface area contributed by atoms with E-state index in [9.17, 15) is 0 Å². The van der Waals surface area contributed by atoms with E-state index in [1.807, 2.05) is 13.8 Å². The Morgan fingerprint density at radius 2 is 1.95 bits per heavy atom. The molecule has 1 aromatic rings. The summed E-state index contributed by atoms with van der Waals surface area (Å²) in [5.74, 6) is 1.44. The number of rotatable bonds is 6. The maximum atomic E-state index is 5.98.